The van der Waals surface area contributed by atoms with Crippen LogP contribution in [0.3, 0.4) is 0 Å². The highest BCUT2D eigenvalue weighted by molar-refractivity contribution is 5.78. The van der Waals surface area contributed by atoms with Crippen molar-refractivity contribution in [2.24, 2.45) is 0 Å². The molecule has 1 aliphatic heterocycles. The average molecular weight is 307 g/mol. The van der Waals surface area contributed by atoms with Gasteiger partial charge in [0, 0.05) is 13.0 Å². The Balaban J connectivity index is 1.67. The van der Waals surface area contributed by atoms with E-state index in [0.717, 1.165) is 18.4 Å². The maximum Gasteiger partial charge on any atom is 0.303 e. The minimum absolute atomic E-state index is 0.0464. The molecule has 0 spiro atoms. The fourth-order valence-electron chi connectivity index (χ4n) is 2.25. The van der Waals surface area contributed by atoms with Crippen molar-refractivity contribution in [1.29, 1.82) is 0 Å². The summed E-state index contributed by atoms with van der Waals surface area (Å²) in [7, 11) is 0. The highest BCUT2D eigenvalue weighted by Gasteiger charge is 2.12. The Morgan fingerprint density at radius 3 is 2.64 bits per heavy atom. The minimum atomic E-state index is -0.775. The minimum Gasteiger partial charge on any atom is -0.486 e. The summed E-state index contributed by atoms with van der Waals surface area (Å²) in [5, 5.41) is 11.4. The second kappa shape index (κ2) is 8.26. The number of hydrogen-bond donors (Lipinski definition) is 2. The van der Waals surface area contributed by atoms with Crippen molar-refractivity contribution in [3.05, 3.63) is 23.8 Å². The monoisotopic (exact) mass is 307 g/mol. The summed E-state index contributed by atoms with van der Waals surface area (Å²) >= 11 is 0. The van der Waals surface area contributed by atoms with Crippen molar-refractivity contribution in [2.45, 2.75) is 32.1 Å². The van der Waals surface area contributed by atoms with Crippen molar-refractivity contribution in [3.8, 4) is 11.5 Å². The summed E-state index contributed by atoms with van der Waals surface area (Å²) in [6, 6.07) is 5.52. The predicted molar refractivity (Wildman–Crippen MR) is 80.2 cm³/mol. The van der Waals surface area contributed by atoms with Gasteiger partial charge < -0.3 is 19.9 Å². The van der Waals surface area contributed by atoms with Gasteiger partial charge in [-0.25, -0.2) is 0 Å². The summed E-state index contributed by atoms with van der Waals surface area (Å²) in [4.78, 5) is 22.2. The first kappa shape index (κ1) is 16.1. The van der Waals surface area contributed by atoms with Crippen LogP contribution in [0, 0.1) is 0 Å². The molecular formula is C16H21NO5. The number of fused-ring (bicyclic) bond motifs is 1. The summed E-state index contributed by atoms with van der Waals surface area (Å²) in [5.41, 5.74) is 0.882. The third-order valence-electron chi connectivity index (χ3n) is 3.36. The molecule has 6 nitrogen and oxygen atoms in total. The number of carboxylic acid groups (broad SMARTS) is 1. The first-order valence-electron chi connectivity index (χ1n) is 7.52. The molecule has 0 unspecified atom stereocenters. The van der Waals surface area contributed by atoms with E-state index >= 15 is 0 Å². The van der Waals surface area contributed by atoms with Gasteiger partial charge in [-0.15, -0.1) is 0 Å². The Morgan fingerprint density at radius 2 is 1.86 bits per heavy atom. The lowest BCUT2D eigenvalue weighted by atomic mass is 10.1. The van der Waals surface area contributed by atoms with E-state index in [9.17, 15) is 9.59 Å². The molecule has 2 N–H and O–H groups in total. The number of aliphatic carboxylic acids is 1. The summed E-state index contributed by atoms with van der Waals surface area (Å²) in [5.74, 6) is 0.580. The molecule has 1 aromatic carbocycles. The van der Waals surface area contributed by atoms with E-state index in [2.05, 4.69) is 5.32 Å². The molecule has 0 radical (unpaired) electrons. The molecule has 22 heavy (non-hydrogen) atoms. The summed E-state index contributed by atoms with van der Waals surface area (Å²) in [6.07, 6.45) is 2.72. The fraction of sp³-hybridized carbons (Fsp3) is 0.500. The van der Waals surface area contributed by atoms with Gasteiger partial charge in [-0.1, -0.05) is 12.5 Å². The molecule has 0 bridgehead atoms. The number of benzene rings is 1. The average Bonchev–Trinajstić information content (AvgIpc) is 2.50. The SMILES string of the molecule is O=C(O)CCCCCNC(=O)Cc1ccc2c(c1)OCCO2. The van der Waals surface area contributed by atoms with Gasteiger partial charge in [0.2, 0.25) is 5.91 Å². The molecule has 1 amide bonds. The molecule has 1 aliphatic rings. The Morgan fingerprint density at radius 1 is 1.09 bits per heavy atom. The van der Waals surface area contributed by atoms with Crippen molar-refractivity contribution in [2.75, 3.05) is 19.8 Å². The molecule has 0 saturated carbocycles. The predicted octanol–water partition coefficient (Wildman–Crippen LogP) is 1.76. The molecule has 2 rings (SSSR count). The van der Waals surface area contributed by atoms with Crippen LogP contribution in [0.5, 0.6) is 11.5 Å². The van der Waals surface area contributed by atoms with E-state index in [1.54, 1.807) is 0 Å². The van der Waals surface area contributed by atoms with Gasteiger partial charge in [0.05, 0.1) is 6.42 Å². The zero-order valence-corrected chi connectivity index (χ0v) is 12.5. The van der Waals surface area contributed by atoms with Gasteiger partial charge in [0.15, 0.2) is 11.5 Å². The fourth-order valence-corrected chi connectivity index (χ4v) is 2.25. The van der Waals surface area contributed by atoms with E-state index in [0.29, 0.717) is 44.1 Å². The largest absolute Gasteiger partial charge is 0.486 e. The van der Waals surface area contributed by atoms with E-state index in [1.807, 2.05) is 18.2 Å². The first-order valence-corrected chi connectivity index (χ1v) is 7.52. The molecule has 0 fully saturated rings. The number of carbonyl (C=O) groups is 2. The number of carboxylic acids is 1. The number of carbonyl (C=O) groups excluding carboxylic acids is 1. The van der Waals surface area contributed by atoms with E-state index < -0.39 is 5.97 Å². The summed E-state index contributed by atoms with van der Waals surface area (Å²) in [6.45, 7) is 1.65. The lowest BCUT2D eigenvalue weighted by Crippen LogP contribution is -2.26. The second-order valence-electron chi connectivity index (χ2n) is 5.21. The van der Waals surface area contributed by atoms with Crippen molar-refractivity contribution in [3.63, 3.8) is 0 Å². The highest BCUT2D eigenvalue weighted by atomic mass is 16.6. The number of hydrogen-bond acceptors (Lipinski definition) is 4. The van der Waals surface area contributed by atoms with Crippen LogP contribution in [-0.2, 0) is 16.0 Å². The second-order valence-corrected chi connectivity index (χ2v) is 5.21. The van der Waals surface area contributed by atoms with Gasteiger partial charge in [0.25, 0.3) is 0 Å². The molecule has 1 heterocycles. The van der Waals surface area contributed by atoms with Gasteiger partial charge in [-0.05, 0) is 30.5 Å². The summed E-state index contributed by atoms with van der Waals surface area (Å²) < 4.78 is 10.9. The van der Waals surface area contributed by atoms with Crippen LogP contribution in [0.2, 0.25) is 0 Å². The normalized spacial score (nSPS) is 12.7. The van der Waals surface area contributed by atoms with Gasteiger partial charge >= 0.3 is 5.97 Å². The number of nitrogens with one attached hydrogen (secondary N) is 1. The Bertz CT molecular complexity index is 529. The molecule has 0 aliphatic carbocycles. The van der Waals surface area contributed by atoms with Crippen molar-refractivity contribution >= 4 is 11.9 Å². The lowest BCUT2D eigenvalue weighted by molar-refractivity contribution is -0.137. The van der Waals surface area contributed by atoms with Crippen molar-refractivity contribution in [1.82, 2.24) is 5.32 Å². The van der Waals surface area contributed by atoms with Crippen LogP contribution in [0.25, 0.3) is 0 Å². The van der Waals surface area contributed by atoms with E-state index in [4.69, 9.17) is 14.6 Å². The Labute approximate surface area is 129 Å². The molecular weight excluding hydrogens is 286 g/mol. The zero-order valence-electron chi connectivity index (χ0n) is 12.5. The number of ether oxygens (including phenoxy) is 2. The topological polar surface area (TPSA) is 84.9 Å². The standard InChI is InChI=1S/C16H21NO5/c18-15(17-7-3-1-2-4-16(19)20)11-12-5-6-13-14(10-12)22-9-8-21-13/h5-6,10H,1-4,7-9,11H2,(H,17,18)(H,19,20). The first-order chi connectivity index (χ1) is 10.6. The quantitative estimate of drug-likeness (QED) is 0.715. The van der Waals surface area contributed by atoms with Crippen LogP contribution in [0.4, 0.5) is 0 Å². The van der Waals surface area contributed by atoms with E-state index in [-0.39, 0.29) is 12.3 Å². The van der Waals surface area contributed by atoms with Gasteiger partial charge in [0.1, 0.15) is 13.2 Å². The Hall–Kier alpha value is -2.24. The third-order valence-corrected chi connectivity index (χ3v) is 3.36. The lowest BCUT2D eigenvalue weighted by Gasteiger charge is -2.18. The Kier molecular flexibility index (Phi) is 6.06. The van der Waals surface area contributed by atoms with Gasteiger partial charge in [-0.3, -0.25) is 9.59 Å². The molecule has 6 heteroatoms. The highest BCUT2D eigenvalue weighted by Crippen LogP contribution is 2.30. The maximum absolute atomic E-state index is 11.8. The molecule has 0 aromatic heterocycles. The number of amides is 1. The number of unbranched alkanes of at least 4 members (excludes halogenated alkanes) is 2. The maximum atomic E-state index is 11.8. The van der Waals surface area contributed by atoms with Crippen LogP contribution >= 0.6 is 0 Å². The zero-order chi connectivity index (χ0) is 15.8. The van der Waals surface area contributed by atoms with E-state index in [1.165, 1.54) is 0 Å². The molecule has 1 aromatic rings. The molecule has 0 atom stereocenters. The van der Waals surface area contributed by atoms with Crippen LogP contribution < -0.4 is 14.8 Å². The third kappa shape index (κ3) is 5.27. The van der Waals surface area contributed by atoms with Crippen LogP contribution in [-0.4, -0.2) is 36.7 Å². The van der Waals surface area contributed by atoms with Crippen LogP contribution in [0.1, 0.15) is 31.2 Å². The molecule has 120 valence electrons. The van der Waals surface area contributed by atoms with Crippen molar-refractivity contribution < 1.29 is 24.2 Å². The molecule has 0 saturated heterocycles. The van der Waals surface area contributed by atoms with Crippen LogP contribution in [0.15, 0.2) is 18.2 Å². The van der Waals surface area contributed by atoms with Gasteiger partial charge in [-0.2, -0.15) is 0 Å². The number of rotatable bonds is 8. The smallest absolute Gasteiger partial charge is 0.303 e.